The summed E-state index contributed by atoms with van der Waals surface area (Å²) < 4.78 is 11.3. The molecule has 4 nitrogen and oxygen atoms in total. The van der Waals surface area contributed by atoms with Gasteiger partial charge in [-0.05, 0) is 30.5 Å². The first-order valence-corrected chi connectivity index (χ1v) is 6.72. The molecule has 1 aliphatic carbocycles. The second-order valence-corrected chi connectivity index (χ2v) is 4.99. The van der Waals surface area contributed by atoms with E-state index in [0.717, 1.165) is 31.1 Å². The third-order valence-corrected chi connectivity index (χ3v) is 3.42. The summed E-state index contributed by atoms with van der Waals surface area (Å²) in [5, 5.41) is 3.56. The minimum Gasteiger partial charge on any atom is -0.490 e. The molecule has 1 aliphatic heterocycles. The zero-order valence-electron chi connectivity index (χ0n) is 10.5. The fourth-order valence-corrected chi connectivity index (χ4v) is 2.23. The van der Waals surface area contributed by atoms with Crippen LogP contribution in [0.1, 0.15) is 30.9 Å². The van der Waals surface area contributed by atoms with Crippen molar-refractivity contribution < 1.29 is 9.47 Å². The van der Waals surface area contributed by atoms with Crippen LogP contribution in [-0.4, -0.2) is 25.8 Å². The van der Waals surface area contributed by atoms with E-state index < -0.39 is 0 Å². The number of nitrogens with two attached hydrogens (primary N) is 1. The summed E-state index contributed by atoms with van der Waals surface area (Å²) in [5.74, 6) is 1.69. The van der Waals surface area contributed by atoms with Crippen molar-refractivity contribution in [3.05, 3.63) is 23.8 Å². The topological polar surface area (TPSA) is 56.5 Å². The van der Waals surface area contributed by atoms with Gasteiger partial charge in [-0.2, -0.15) is 0 Å². The molecule has 3 rings (SSSR count). The first-order chi connectivity index (χ1) is 8.86. The zero-order valence-corrected chi connectivity index (χ0v) is 10.5. The quantitative estimate of drug-likeness (QED) is 0.849. The van der Waals surface area contributed by atoms with Gasteiger partial charge < -0.3 is 20.5 Å². The largest absolute Gasteiger partial charge is 0.490 e. The third kappa shape index (κ3) is 2.60. The maximum atomic E-state index is 5.85. The van der Waals surface area contributed by atoms with Crippen LogP contribution < -0.4 is 20.5 Å². The van der Waals surface area contributed by atoms with Crippen molar-refractivity contribution in [3.8, 4) is 11.5 Å². The molecule has 0 saturated heterocycles. The maximum absolute atomic E-state index is 5.85. The fourth-order valence-electron chi connectivity index (χ4n) is 2.23. The van der Waals surface area contributed by atoms with E-state index in [9.17, 15) is 0 Å². The number of fused-ring (bicyclic) bond motifs is 1. The molecule has 0 amide bonds. The number of hydrogen-bond acceptors (Lipinski definition) is 4. The Kier molecular flexibility index (Phi) is 3.39. The summed E-state index contributed by atoms with van der Waals surface area (Å²) in [4.78, 5) is 0. The van der Waals surface area contributed by atoms with Crippen LogP contribution >= 0.6 is 0 Å². The molecular weight excluding hydrogens is 228 g/mol. The number of benzene rings is 1. The Hall–Kier alpha value is -1.26. The molecule has 98 valence electrons. The van der Waals surface area contributed by atoms with E-state index in [1.807, 2.05) is 6.07 Å². The number of ether oxygens (including phenoxy) is 2. The van der Waals surface area contributed by atoms with E-state index in [4.69, 9.17) is 15.2 Å². The highest BCUT2D eigenvalue weighted by Gasteiger charge is 2.25. The van der Waals surface area contributed by atoms with Crippen molar-refractivity contribution in [2.45, 2.75) is 31.3 Å². The van der Waals surface area contributed by atoms with Gasteiger partial charge in [-0.15, -0.1) is 0 Å². The Bertz CT molecular complexity index is 418. The first kappa shape index (κ1) is 11.8. The van der Waals surface area contributed by atoms with Crippen LogP contribution in [0, 0.1) is 0 Å². The van der Waals surface area contributed by atoms with Gasteiger partial charge in [0.05, 0.1) is 13.2 Å². The fraction of sp³-hybridized carbons (Fsp3) is 0.571. The minimum absolute atomic E-state index is 0.217. The molecule has 1 fully saturated rings. The van der Waals surface area contributed by atoms with Gasteiger partial charge in [0.2, 0.25) is 0 Å². The Balaban J connectivity index is 1.80. The van der Waals surface area contributed by atoms with E-state index in [1.54, 1.807) is 0 Å². The van der Waals surface area contributed by atoms with Crippen LogP contribution in [-0.2, 0) is 0 Å². The van der Waals surface area contributed by atoms with Gasteiger partial charge in [0, 0.05) is 25.0 Å². The molecule has 1 aromatic rings. The highest BCUT2D eigenvalue weighted by atomic mass is 16.5. The highest BCUT2D eigenvalue weighted by molar-refractivity contribution is 5.44. The standard InChI is InChI=1S/C14H20N2O2/c15-9-12(16-11-3-4-11)10-2-5-13-14(8-10)18-7-1-6-17-13/h2,5,8,11-12,16H,1,3-4,6-7,9,15H2. The Labute approximate surface area is 107 Å². The lowest BCUT2D eigenvalue weighted by molar-refractivity contribution is 0.297. The van der Waals surface area contributed by atoms with Gasteiger partial charge in [0.1, 0.15) is 0 Å². The lowest BCUT2D eigenvalue weighted by atomic mass is 10.1. The molecule has 0 radical (unpaired) electrons. The van der Waals surface area contributed by atoms with Crippen molar-refractivity contribution in [1.82, 2.24) is 5.32 Å². The smallest absolute Gasteiger partial charge is 0.161 e. The van der Waals surface area contributed by atoms with Gasteiger partial charge >= 0.3 is 0 Å². The van der Waals surface area contributed by atoms with Gasteiger partial charge in [-0.1, -0.05) is 6.07 Å². The Morgan fingerprint density at radius 3 is 2.72 bits per heavy atom. The second kappa shape index (κ2) is 5.16. The van der Waals surface area contributed by atoms with Crippen molar-refractivity contribution in [2.75, 3.05) is 19.8 Å². The third-order valence-electron chi connectivity index (χ3n) is 3.42. The summed E-state index contributed by atoms with van der Waals surface area (Å²) >= 11 is 0. The predicted molar refractivity (Wildman–Crippen MR) is 70.0 cm³/mol. The molecule has 0 spiro atoms. The molecule has 0 aromatic heterocycles. The monoisotopic (exact) mass is 248 g/mol. The maximum Gasteiger partial charge on any atom is 0.161 e. The van der Waals surface area contributed by atoms with Crippen LogP contribution in [0.5, 0.6) is 11.5 Å². The zero-order chi connectivity index (χ0) is 12.4. The normalized spacial score (nSPS) is 20.3. The molecule has 1 heterocycles. The number of hydrogen-bond donors (Lipinski definition) is 2. The van der Waals surface area contributed by atoms with Gasteiger partial charge in [-0.25, -0.2) is 0 Å². The number of nitrogens with one attached hydrogen (secondary N) is 1. The lowest BCUT2D eigenvalue weighted by Crippen LogP contribution is -2.29. The SMILES string of the molecule is NCC(NC1CC1)c1ccc2c(c1)OCCCO2. The van der Waals surface area contributed by atoms with E-state index in [2.05, 4.69) is 17.4 Å². The van der Waals surface area contributed by atoms with Crippen LogP contribution in [0.2, 0.25) is 0 Å². The molecule has 1 saturated carbocycles. The molecular formula is C14H20N2O2. The van der Waals surface area contributed by atoms with Gasteiger partial charge in [-0.3, -0.25) is 0 Å². The van der Waals surface area contributed by atoms with Crippen molar-refractivity contribution in [2.24, 2.45) is 5.73 Å². The van der Waals surface area contributed by atoms with Gasteiger partial charge in [0.15, 0.2) is 11.5 Å². The molecule has 1 unspecified atom stereocenters. The summed E-state index contributed by atoms with van der Waals surface area (Å²) in [6.07, 6.45) is 3.47. The van der Waals surface area contributed by atoms with Crippen LogP contribution in [0.3, 0.4) is 0 Å². The van der Waals surface area contributed by atoms with Crippen molar-refractivity contribution >= 4 is 0 Å². The van der Waals surface area contributed by atoms with E-state index in [0.29, 0.717) is 12.6 Å². The average Bonchev–Trinajstić information content (AvgIpc) is 3.22. The summed E-state index contributed by atoms with van der Waals surface area (Å²) in [5.41, 5.74) is 7.04. The minimum atomic E-state index is 0.217. The molecule has 1 atom stereocenters. The predicted octanol–water partition coefficient (Wildman–Crippen LogP) is 1.60. The molecule has 3 N–H and O–H groups in total. The first-order valence-electron chi connectivity index (χ1n) is 6.72. The Morgan fingerprint density at radius 2 is 2.00 bits per heavy atom. The van der Waals surface area contributed by atoms with Crippen LogP contribution in [0.25, 0.3) is 0 Å². The second-order valence-electron chi connectivity index (χ2n) is 4.99. The van der Waals surface area contributed by atoms with Crippen LogP contribution in [0.15, 0.2) is 18.2 Å². The average molecular weight is 248 g/mol. The lowest BCUT2D eigenvalue weighted by Gasteiger charge is -2.18. The molecule has 1 aromatic carbocycles. The molecule has 2 aliphatic rings. The van der Waals surface area contributed by atoms with E-state index in [-0.39, 0.29) is 6.04 Å². The van der Waals surface area contributed by atoms with Crippen molar-refractivity contribution in [3.63, 3.8) is 0 Å². The van der Waals surface area contributed by atoms with E-state index in [1.165, 1.54) is 18.4 Å². The van der Waals surface area contributed by atoms with E-state index >= 15 is 0 Å². The summed E-state index contributed by atoms with van der Waals surface area (Å²) in [7, 11) is 0. The summed E-state index contributed by atoms with van der Waals surface area (Å²) in [6, 6.07) is 7.01. The molecule has 4 heteroatoms. The van der Waals surface area contributed by atoms with Crippen molar-refractivity contribution in [1.29, 1.82) is 0 Å². The molecule has 18 heavy (non-hydrogen) atoms. The van der Waals surface area contributed by atoms with Crippen LogP contribution in [0.4, 0.5) is 0 Å². The highest BCUT2D eigenvalue weighted by Crippen LogP contribution is 2.33. The number of rotatable bonds is 4. The van der Waals surface area contributed by atoms with Gasteiger partial charge in [0.25, 0.3) is 0 Å². The summed E-state index contributed by atoms with van der Waals surface area (Å²) in [6.45, 7) is 2.06. The Morgan fingerprint density at radius 1 is 1.22 bits per heavy atom. The molecule has 0 bridgehead atoms.